The molecule has 0 saturated carbocycles. The third kappa shape index (κ3) is 3.87. The van der Waals surface area contributed by atoms with Crippen LogP contribution in [0.4, 0.5) is 0 Å². The summed E-state index contributed by atoms with van der Waals surface area (Å²) in [4.78, 5) is 5.08. The highest BCUT2D eigenvalue weighted by molar-refractivity contribution is 6.21. The summed E-state index contributed by atoms with van der Waals surface area (Å²) in [6.07, 6.45) is 1.99. The van der Waals surface area contributed by atoms with Gasteiger partial charge in [0.05, 0.1) is 11.0 Å². The average molecular weight is 563 g/mol. The molecule has 9 aromatic rings. The SMILES string of the molecule is c1ccc(-c2cc(-c3ccccc3)cc(-c3ccc(-n4c5ccccc5c5ccc6c7ccccc7oc6c54)nc3)c2)cc1. The van der Waals surface area contributed by atoms with Crippen molar-refractivity contribution in [2.45, 2.75) is 0 Å². The monoisotopic (exact) mass is 562 g/mol. The van der Waals surface area contributed by atoms with Crippen LogP contribution in [-0.4, -0.2) is 9.55 Å². The van der Waals surface area contributed by atoms with Gasteiger partial charge in [-0.15, -0.1) is 0 Å². The van der Waals surface area contributed by atoms with Crippen molar-refractivity contribution in [3.8, 4) is 39.2 Å². The molecule has 0 atom stereocenters. The zero-order valence-corrected chi connectivity index (χ0v) is 23.8. The number of benzene rings is 6. The van der Waals surface area contributed by atoms with Gasteiger partial charge in [0.2, 0.25) is 0 Å². The summed E-state index contributed by atoms with van der Waals surface area (Å²) in [5.41, 5.74) is 10.9. The molecule has 0 bridgehead atoms. The molecule has 0 N–H and O–H groups in total. The highest BCUT2D eigenvalue weighted by Crippen LogP contribution is 2.40. The van der Waals surface area contributed by atoms with E-state index in [0.29, 0.717) is 0 Å². The Morgan fingerprint density at radius 2 is 1.02 bits per heavy atom. The molecule has 0 unspecified atom stereocenters. The molecular weight excluding hydrogens is 536 g/mol. The maximum absolute atomic E-state index is 6.51. The first kappa shape index (κ1) is 24.6. The Morgan fingerprint density at radius 1 is 0.432 bits per heavy atom. The van der Waals surface area contributed by atoms with Crippen LogP contribution in [-0.2, 0) is 0 Å². The van der Waals surface area contributed by atoms with Crippen LogP contribution in [0.25, 0.3) is 82.9 Å². The predicted octanol–water partition coefficient (Wildman–Crippen LogP) is 11.1. The van der Waals surface area contributed by atoms with Gasteiger partial charge in [0.25, 0.3) is 0 Å². The molecule has 3 heteroatoms. The van der Waals surface area contributed by atoms with E-state index in [4.69, 9.17) is 9.40 Å². The Balaban J connectivity index is 1.24. The molecule has 0 spiro atoms. The first-order chi connectivity index (χ1) is 21.8. The van der Waals surface area contributed by atoms with Crippen molar-refractivity contribution in [3.63, 3.8) is 0 Å². The van der Waals surface area contributed by atoms with Crippen LogP contribution in [0, 0.1) is 0 Å². The Bertz CT molecular complexity index is 2410. The number of rotatable bonds is 4. The van der Waals surface area contributed by atoms with Crippen molar-refractivity contribution in [1.82, 2.24) is 9.55 Å². The lowest BCUT2D eigenvalue weighted by molar-refractivity contribution is 0.671. The van der Waals surface area contributed by atoms with Crippen molar-refractivity contribution in [2.75, 3.05) is 0 Å². The molecule has 0 aliphatic carbocycles. The summed E-state index contributed by atoms with van der Waals surface area (Å²) < 4.78 is 8.76. The average Bonchev–Trinajstić information content (AvgIpc) is 3.65. The van der Waals surface area contributed by atoms with Crippen LogP contribution >= 0.6 is 0 Å². The van der Waals surface area contributed by atoms with Crippen LogP contribution in [0.15, 0.2) is 162 Å². The number of aromatic nitrogens is 2. The second kappa shape index (κ2) is 9.82. The number of para-hydroxylation sites is 2. The third-order valence-corrected chi connectivity index (χ3v) is 8.64. The molecule has 0 saturated heterocycles. The predicted molar refractivity (Wildman–Crippen MR) is 182 cm³/mol. The molecule has 0 aliphatic heterocycles. The van der Waals surface area contributed by atoms with Gasteiger partial charge in [0.15, 0.2) is 5.58 Å². The topological polar surface area (TPSA) is 31.0 Å². The van der Waals surface area contributed by atoms with E-state index in [1.807, 2.05) is 18.3 Å². The van der Waals surface area contributed by atoms with E-state index >= 15 is 0 Å². The summed E-state index contributed by atoms with van der Waals surface area (Å²) in [5, 5.41) is 4.57. The van der Waals surface area contributed by atoms with Gasteiger partial charge in [0.1, 0.15) is 11.4 Å². The van der Waals surface area contributed by atoms with Gasteiger partial charge in [-0.3, -0.25) is 4.57 Å². The van der Waals surface area contributed by atoms with Gasteiger partial charge in [-0.1, -0.05) is 103 Å². The smallest absolute Gasteiger partial charge is 0.160 e. The molecule has 44 heavy (non-hydrogen) atoms. The van der Waals surface area contributed by atoms with Crippen molar-refractivity contribution in [3.05, 3.63) is 158 Å². The molecule has 0 amide bonds. The quantitative estimate of drug-likeness (QED) is 0.214. The van der Waals surface area contributed by atoms with Gasteiger partial charge in [-0.05, 0) is 76.3 Å². The van der Waals surface area contributed by atoms with Crippen molar-refractivity contribution in [2.24, 2.45) is 0 Å². The largest absolute Gasteiger partial charge is 0.454 e. The minimum absolute atomic E-state index is 0.857. The highest BCUT2D eigenvalue weighted by Gasteiger charge is 2.19. The molecule has 3 aromatic heterocycles. The number of hydrogen-bond acceptors (Lipinski definition) is 2. The molecule has 0 aliphatic rings. The van der Waals surface area contributed by atoms with Crippen molar-refractivity contribution < 1.29 is 4.42 Å². The fourth-order valence-corrected chi connectivity index (χ4v) is 6.55. The molecule has 6 aromatic carbocycles. The normalized spacial score (nSPS) is 11.6. The minimum Gasteiger partial charge on any atom is -0.454 e. The standard InChI is InChI=1S/C41H26N2O/c1-3-11-27(12-4-1)30-23-31(28-13-5-2-6-14-28)25-32(24-30)29-19-22-39(42-26-29)43-37-17-9-7-15-33(37)35-20-21-36-34-16-8-10-18-38(34)44-41(36)40(35)43/h1-26H. The summed E-state index contributed by atoms with van der Waals surface area (Å²) >= 11 is 0. The zero-order valence-electron chi connectivity index (χ0n) is 23.8. The number of nitrogens with zero attached hydrogens (tertiary/aromatic N) is 2. The first-order valence-electron chi connectivity index (χ1n) is 14.9. The van der Waals surface area contributed by atoms with Gasteiger partial charge in [0, 0.05) is 33.3 Å². The van der Waals surface area contributed by atoms with Gasteiger partial charge in [-0.2, -0.15) is 0 Å². The minimum atomic E-state index is 0.857. The third-order valence-electron chi connectivity index (χ3n) is 8.64. The molecule has 206 valence electrons. The Morgan fingerprint density at radius 3 is 1.70 bits per heavy atom. The molecular formula is C41H26N2O. The van der Waals surface area contributed by atoms with E-state index in [1.54, 1.807) is 0 Å². The first-order valence-corrected chi connectivity index (χ1v) is 14.9. The number of hydrogen-bond donors (Lipinski definition) is 0. The molecule has 0 radical (unpaired) electrons. The Hall–Kier alpha value is -5.93. The van der Waals surface area contributed by atoms with E-state index in [9.17, 15) is 0 Å². The molecule has 0 fully saturated rings. The lowest BCUT2D eigenvalue weighted by Gasteiger charge is -2.12. The van der Waals surface area contributed by atoms with E-state index in [1.165, 1.54) is 27.6 Å². The Labute approximate surface area is 254 Å². The lowest BCUT2D eigenvalue weighted by atomic mass is 9.94. The summed E-state index contributed by atoms with van der Waals surface area (Å²) in [7, 11) is 0. The maximum Gasteiger partial charge on any atom is 0.160 e. The van der Waals surface area contributed by atoms with Crippen LogP contribution < -0.4 is 0 Å². The van der Waals surface area contributed by atoms with Crippen molar-refractivity contribution >= 4 is 43.7 Å². The fourth-order valence-electron chi connectivity index (χ4n) is 6.55. The summed E-state index contributed by atoms with van der Waals surface area (Å²) in [5.74, 6) is 0.857. The molecule has 3 nitrogen and oxygen atoms in total. The van der Waals surface area contributed by atoms with E-state index in [2.05, 4.69) is 144 Å². The number of fused-ring (bicyclic) bond motifs is 7. The summed E-state index contributed by atoms with van der Waals surface area (Å²) in [6, 6.07) is 53.4. The van der Waals surface area contributed by atoms with E-state index in [-0.39, 0.29) is 0 Å². The second-order valence-electron chi connectivity index (χ2n) is 11.2. The van der Waals surface area contributed by atoms with Gasteiger partial charge >= 0.3 is 0 Å². The van der Waals surface area contributed by atoms with Gasteiger partial charge in [-0.25, -0.2) is 4.98 Å². The second-order valence-corrected chi connectivity index (χ2v) is 11.2. The van der Waals surface area contributed by atoms with Crippen LogP contribution in [0.3, 0.4) is 0 Å². The molecule has 9 rings (SSSR count). The van der Waals surface area contributed by atoms with Crippen LogP contribution in [0.1, 0.15) is 0 Å². The maximum atomic E-state index is 6.51. The van der Waals surface area contributed by atoms with E-state index < -0.39 is 0 Å². The van der Waals surface area contributed by atoms with Crippen LogP contribution in [0.5, 0.6) is 0 Å². The highest BCUT2D eigenvalue weighted by atomic mass is 16.3. The van der Waals surface area contributed by atoms with Gasteiger partial charge < -0.3 is 4.42 Å². The van der Waals surface area contributed by atoms with Crippen molar-refractivity contribution in [1.29, 1.82) is 0 Å². The number of pyridine rings is 1. The lowest BCUT2D eigenvalue weighted by Crippen LogP contribution is -1.97. The molecule has 3 heterocycles. The Kier molecular flexibility index (Phi) is 5.50. The van der Waals surface area contributed by atoms with Crippen LogP contribution in [0.2, 0.25) is 0 Å². The zero-order chi connectivity index (χ0) is 29.0. The fraction of sp³-hybridized carbons (Fsp3) is 0. The summed E-state index contributed by atoms with van der Waals surface area (Å²) in [6.45, 7) is 0. The van der Waals surface area contributed by atoms with E-state index in [0.717, 1.165) is 55.3 Å². The number of furan rings is 1.